The maximum Gasteiger partial charge on any atom is 0.244 e. The van der Waals surface area contributed by atoms with Gasteiger partial charge in [0.1, 0.15) is 4.90 Å². The van der Waals surface area contributed by atoms with Gasteiger partial charge in [0.25, 0.3) is 0 Å². The van der Waals surface area contributed by atoms with E-state index in [0.717, 1.165) is 10.7 Å². The summed E-state index contributed by atoms with van der Waals surface area (Å²) in [6.07, 6.45) is 2.05. The number of aromatic nitrogens is 2. The highest BCUT2D eigenvalue weighted by Crippen LogP contribution is 2.30. The summed E-state index contributed by atoms with van der Waals surface area (Å²) in [6, 6.07) is 3.15. The van der Waals surface area contributed by atoms with E-state index in [1.807, 2.05) is 32.7 Å². The fourth-order valence-corrected chi connectivity index (χ4v) is 4.84. The number of benzene rings is 1. The van der Waals surface area contributed by atoms with Crippen LogP contribution in [0.2, 0.25) is 0 Å². The van der Waals surface area contributed by atoms with Crippen LogP contribution in [0.3, 0.4) is 0 Å². The maximum absolute atomic E-state index is 12.9. The molecule has 2 rings (SSSR count). The van der Waals surface area contributed by atoms with E-state index < -0.39 is 10.0 Å². The molecule has 2 amide bonds. The number of likely N-dealkylation sites (N-methyl/N-ethyl adjacent to an activating group) is 2. The van der Waals surface area contributed by atoms with E-state index in [2.05, 4.69) is 15.6 Å². The van der Waals surface area contributed by atoms with Crippen LogP contribution >= 0.6 is 0 Å². The second kappa shape index (κ2) is 12.3. The van der Waals surface area contributed by atoms with Crippen LogP contribution in [-0.4, -0.2) is 87.6 Å². The molecule has 2 atom stereocenters. The first-order valence-corrected chi connectivity index (χ1v) is 13.3. The number of sulfonamides is 1. The van der Waals surface area contributed by atoms with Crippen molar-refractivity contribution in [2.75, 3.05) is 52.7 Å². The molecule has 1 aromatic carbocycles. The molecule has 35 heavy (non-hydrogen) atoms. The average molecular weight is 511 g/mol. The molecule has 0 radical (unpaired) electrons. The summed E-state index contributed by atoms with van der Waals surface area (Å²) in [6.45, 7) is 7.37. The average Bonchev–Trinajstić information content (AvgIpc) is 3.32. The Labute approximate surface area is 207 Å². The third-order valence-electron chi connectivity index (χ3n) is 6.15. The van der Waals surface area contributed by atoms with Gasteiger partial charge in [-0.25, -0.2) is 17.4 Å². The predicted octanol–water partition coefficient (Wildman–Crippen LogP) is 1.95. The van der Waals surface area contributed by atoms with Gasteiger partial charge in [0.15, 0.2) is 11.0 Å². The summed E-state index contributed by atoms with van der Waals surface area (Å²) in [5.41, 5.74) is 1.14. The summed E-state index contributed by atoms with van der Waals surface area (Å²) in [4.78, 5) is 28.8. The van der Waals surface area contributed by atoms with E-state index in [4.69, 9.17) is 4.63 Å². The number of carbonyl (C=O) groups is 2. The van der Waals surface area contributed by atoms with Crippen molar-refractivity contribution in [2.24, 2.45) is 11.8 Å². The van der Waals surface area contributed by atoms with Gasteiger partial charge < -0.3 is 15.1 Å². The van der Waals surface area contributed by atoms with Gasteiger partial charge in [-0.3, -0.25) is 9.59 Å². The highest BCUT2D eigenvalue weighted by atomic mass is 32.2. The van der Waals surface area contributed by atoms with Gasteiger partial charge in [0.05, 0.1) is 5.69 Å². The molecule has 0 aliphatic heterocycles. The zero-order valence-electron chi connectivity index (χ0n) is 21.7. The zero-order chi connectivity index (χ0) is 26.3. The van der Waals surface area contributed by atoms with Crippen molar-refractivity contribution in [1.29, 1.82) is 0 Å². The number of nitrogens with zero attached hydrogens (tertiary/aromatic N) is 5. The Hall–Kier alpha value is -2.73. The van der Waals surface area contributed by atoms with E-state index >= 15 is 0 Å². The number of carbonyl (C=O) groups excluding carboxylic acids is 2. The Kier molecular flexibility index (Phi) is 10.0. The van der Waals surface area contributed by atoms with Crippen LogP contribution in [0.25, 0.3) is 11.0 Å². The molecule has 11 nitrogen and oxygen atoms in total. The summed E-state index contributed by atoms with van der Waals surface area (Å²) >= 11 is 0. The van der Waals surface area contributed by atoms with Gasteiger partial charge >= 0.3 is 0 Å². The molecule has 1 aromatic heterocycles. The van der Waals surface area contributed by atoms with E-state index in [1.165, 1.54) is 20.2 Å². The second-order valence-electron chi connectivity index (χ2n) is 9.05. The number of hydrogen-bond donors (Lipinski definition) is 1. The van der Waals surface area contributed by atoms with Crippen LogP contribution in [0.4, 0.5) is 5.69 Å². The molecule has 12 heteroatoms. The van der Waals surface area contributed by atoms with Crippen molar-refractivity contribution in [2.45, 2.75) is 44.9 Å². The molecule has 0 bridgehead atoms. The lowest BCUT2D eigenvalue weighted by molar-refractivity contribution is -0.134. The zero-order valence-corrected chi connectivity index (χ0v) is 22.6. The molecule has 1 N–H and O–H groups in total. The Morgan fingerprint density at radius 2 is 1.71 bits per heavy atom. The number of nitrogens with one attached hydrogen (secondary N) is 1. The van der Waals surface area contributed by atoms with Crippen LogP contribution < -0.4 is 10.2 Å². The molecule has 196 valence electrons. The molecular weight excluding hydrogens is 472 g/mol. The summed E-state index contributed by atoms with van der Waals surface area (Å²) in [5.74, 6) is -0.506. The number of anilines is 1. The third kappa shape index (κ3) is 6.69. The Balaban J connectivity index is 2.05. The molecule has 2 unspecified atom stereocenters. The van der Waals surface area contributed by atoms with Crippen molar-refractivity contribution >= 4 is 38.6 Å². The van der Waals surface area contributed by atoms with Gasteiger partial charge in [-0.15, -0.1) is 0 Å². The maximum atomic E-state index is 12.9. The molecule has 0 fully saturated rings. The Bertz CT molecular complexity index is 1120. The first kappa shape index (κ1) is 28.5. The monoisotopic (exact) mass is 510 g/mol. The minimum absolute atomic E-state index is 0.00125. The fraction of sp³-hybridized carbons (Fsp3) is 0.652. The largest absolute Gasteiger partial charge is 0.371 e. The molecule has 0 saturated heterocycles. The van der Waals surface area contributed by atoms with E-state index in [-0.39, 0.29) is 34.1 Å². The first-order valence-electron chi connectivity index (χ1n) is 11.9. The highest BCUT2D eigenvalue weighted by molar-refractivity contribution is 7.89. The van der Waals surface area contributed by atoms with Crippen molar-refractivity contribution in [3.63, 3.8) is 0 Å². The van der Waals surface area contributed by atoms with Crippen molar-refractivity contribution in [3.8, 4) is 0 Å². The van der Waals surface area contributed by atoms with Crippen LogP contribution in [0.15, 0.2) is 21.7 Å². The molecular formula is C23H38N6O5S. The van der Waals surface area contributed by atoms with E-state index in [0.29, 0.717) is 43.7 Å². The minimum Gasteiger partial charge on any atom is -0.371 e. The van der Waals surface area contributed by atoms with Crippen LogP contribution in [-0.2, 0) is 19.6 Å². The van der Waals surface area contributed by atoms with Gasteiger partial charge in [-0.2, -0.15) is 0 Å². The van der Waals surface area contributed by atoms with Crippen LogP contribution in [0, 0.1) is 11.8 Å². The molecule has 0 aliphatic carbocycles. The Morgan fingerprint density at radius 3 is 2.31 bits per heavy atom. The summed E-state index contributed by atoms with van der Waals surface area (Å²) in [5, 5.41) is 10.6. The fourth-order valence-electron chi connectivity index (χ4n) is 3.83. The molecule has 0 aliphatic rings. The van der Waals surface area contributed by atoms with Crippen molar-refractivity contribution in [3.05, 3.63) is 12.1 Å². The number of rotatable bonds is 13. The number of amides is 2. The summed E-state index contributed by atoms with van der Waals surface area (Å²) in [7, 11) is 2.75. The predicted molar refractivity (Wildman–Crippen MR) is 134 cm³/mol. The first-order chi connectivity index (χ1) is 16.4. The van der Waals surface area contributed by atoms with Crippen molar-refractivity contribution in [1.82, 2.24) is 24.8 Å². The normalized spacial score (nSPS) is 13.6. The quantitative estimate of drug-likeness (QED) is 0.433. The SMILES string of the molecule is CCCNC(=O)C(CC)CC(C)C(=O)N(C)CCN(C)c1ccc(S(=O)(=O)N(C)C)c2nonc12. The van der Waals surface area contributed by atoms with Gasteiger partial charge in [0.2, 0.25) is 21.8 Å². The molecule has 2 aromatic rings. The topological polar surface area (TPSA) is 129 Å². The van der Waals surface area contributed by atoms with E-state index in [1.54, 1.807) is 18.0 Å². The lowest BCUT2D eigenvalue weighted by Gasteiger charge is -2.27. The number of hydrogen-bond acceptors (Lipinski definition) is 8. The van der Waals surface area contributed by atoms with Crippen LogP contribution in [0.1, 0.15) is 40.0 Å². The minimum atomic E-state index is -3.72. The van der Waals surface area contributed by atoms with E-state index in [9.17, 15) is 18.0 Å². The van der Waals surface area contributed by atoms with Gasteiger partial charge in [-0.05, 0) is 41.7 Å². The van der Waals surface area contributed by atoms with Crippen LogP contribution in [0.5, 0.6) is 0 Å². The second-order valence-corrected chi connectivity index (χ2v) is 11.2. The smallest absolute Gasteiger partial charge is 0.244 e. The van der Waals surface area contributed by atoms with Crippen molar-refractivity contribution < 1.29 is 22.6 Å². The lowest BCUT2D eigenvalue weighted by atomic mass is 9.92. The van der Waals surface area contributed by atoms with Gasteiger partial charge in [-0.1, -0.05) is 20.8 Å². The standard InChI is InChI=1S/C23H38N6O5S/c1-8-12-24-22(30)17(9-2)15-16(3)23(31)29(7)14-13-28(6)18-10-11-19(35(32,33)27(4)5)21-20(18)25-34-26-21/h10-11,16-17H,8-9,12-15H2,1-7H3,(H,24,30). The molecule has 1 heterocycles. The lowest BCUT2D eigenvalue weighted by Crippen LogP contribution is -2.39. The highest BCUT2D eigenvalue weighted by Gasteiger charge is 2.27. The third-order valence-corrected chi connectivity index (χ3v) is 7.99. The molecule has 0 saturated carbocycles. The van der Waals surface area contributed by atoms with Gasteiger partial charge in [0, 0.05) is 59.7 Å². The molecule has 0 spiro atoms. The number of fused-ring (bicyclic) bond motifs is 1. The summed E-state index contributed by atoms with van der Waals surface area (Å²) < 4.78 is 31.2. The Morgan fingerprint density at radius 1 is 1.06 bits per heavy atom.